The molecule has 0 aliphatic carbocycles. The molecule has 4 aromatic rings. The Morgan fingerprint density at radius 3 is 2.50 bits per heavy atom. The molecule has 0 N–H and O–H groups in total. The van der Waals surface area contributed by atoms with E-state index < -0.39 is 0 Å². The van der Waals surface area contributed by atoms with Gasteiger partial charge in [-0.2, -0.15) is 0 Å². The second kappa shape index (κ2) is 7.22. The highest BCUT2D eigenvalue weighted by Gasteiger charge is 2.17. The van der Waals surface area contributed by atoms with Crippen LogP contribution < -0.4 is 20.7 Å². The summed E-state index contributed by atoms with van der Waals surface area (Å²) in [7, 11) is 1.70. The molecular formula is C24H20N2O4. The number of aromatic nitrogens is 2. The Bertz CT molecular complexity index is 1370. The third-order valence-corrected chi connectivity index (χ3v) is 5.48. The van der Waals surface area contributed by atoms with E-state index in [0.717, 1.165) is 22.4 Å². The Morgan fingerprint density at radius 2 is 1.67 bits per heavy atom. The molecule has 0 spiro atoms. The molecule has 6 heteroatoms. The average Bonchev–Trinajstić information content (AvgIpc) is 3.24. The van der Waals surface area contributed by atoms with Gasteiger partial charge in [0.1, 0.15) is 0 Å². The van der Waals surface area contributed by atoms with Crippen molar-refractivity contribution in [3.8, 4) is 11.5 Å². The van der Waals surface area contributed by atoms with Gasteiger partial charge in [0, 0.05) is 7.05 Å². The normalized spacial score (nSPS) is 12.4. The van der Waals surface area contributed by atoms with Gasteiger partial charge in [-0.15, -0.1) is 0 Å². The minimum atomic E-state index is -0.323. The van der Waals surface area contributed by atoms with Crippen LogP contribution in [-0.2, 0) is 20.0 Å². The van der Waals surface area contributed by atoms with Crippen LogP contribution in [0.25, 0.3) is 10.9 Å². The molecule has 0 radical (unpaired) electrons. The number of benzene rings is 3. The zero-order valence-corrected chi connectivity index (χ0v) is 16.5. The van der Waals surface area contributed by atoms with Gasteiger partial charge >= 0.3 is 5.69 Å². The predicted octanol–water partition coefficient (Wildman–Crippen LogP) is 3.07. The van der Waals surface area contributed by atoms with Crippen LogP contribution >= 0.6 is 0 Å². The van der Waals surface area contributed by atoms with Gasteiger partial charge in [0.25, 0.3) is 5.56 Å². The first-order valence-electron chi connectivity index (χ1n) is 9.76. The molecule has 1 aliphatic rings. The first kappa shape index (κ1) is 18.2. The largest absolute Gasteiger partial charge is 0.454 e. The SMILES string of the molecule is Cn1c(=O)n(Cc2ccccc2)c(=O)c2c(Cc3ccc4c(c3)OCO4)cccc21. The third kappa shape index (κ3) is 3.06. The number of hydrogen-bond donors (Lipinski definition) is 0. The Morgan fingerprint density at radius 1 is 0.867 bits per heavy atom. The number of hydrogen-bond acceptors (Lipinski definition) is 4. The summed E-state index contributed by atoms with van der Waals surface area (Å²) in [6, 6.07) is 20.9. The van der Waals surface area contributed by atoms with Gasteiger partial charge < -0.3 is 9.47 Å². The molecular weight excluding hydrogens is 380 g/mol. The van der Waals surface area contributed by atoms with E-state index in [1.165, 1.54) is 4.57 Å². The zero-order valence-electron chi connectivity index (χ0n) is 16.5. The summed E-state index contributed by atoms with van der Waals surface area (Å²) < 4.78 is 13.7. The van der Waals surface area contributed by atoms with Crippen molar-refractivity contribution in [1.82, 2.24) is 9.13 Å². The van der Waals surface area contributed by atoms with Crippen molar-refractivity contribution in [1.29, 1.82) is 0 Å². The van der Waals surface area contributed by atoms with Crippen molar-refractivity contribution in [3.05, 3.63) is 104 Å². The minimum Gasteiger partial charge on any atom is -0.454 e. The fraction of sp³-hybridized carbons (Fsp3) is 0.167. The monoisotopic (exact) mass is 400 g/mol. The standard InChI is InChI=1S/C24H20N2O4/c1-25-19-9-5-8-18(12-17-10-11-20-21(13-17)30-15-29-20)22(19)23(27)26(24(25)28)14-16-6-3-2-4-7-16/h2-11,13H,12,14-15H2,1H3. The maximum absolute atomic E-state index is 13.4. The van der Waals surface area contributed by atoms with Crippen LogP contribution in [0.2, 0.25) is 0 Å². The number of nitrogens with zero attached hydrogens (tertiary/aromatic N) is 2. The molecule has 1 aromatic heterocycles. The van der Waals surface area contributed by atoms with Crippen LogP contribution in [0.5, 0.6) is 11.5 Å². The number of rotatable bonds is 4. The van der Waals surface area contributed by atoms with Gasteiger partial charge in [-0.05, 0) is 41.3 Å². The second-order valence-electron chi connectivity index (χ2n) is 7.39. The Hall–Kier alpha value is -3.80. The first-order chi connectivity index (χ1) is 14.6. The van der Waals surface area contributed by atoms with Crippen LogP contribution in [0.1, 0.15) is 16.7 Å². The highest BCUT2D eigenvalue weighted by Crippen LogP contribution is 2.33. The summed E-state index contributed by atoms with van der Waals surface area (Å²) in [6.07, 6.45) is 0.548. The number of aryl methyl sites for hydroxylation is 1. The molecule has 1 aliphatic heterocycles. The van der Waals surface area contributed by atoms with E-state index in [1.807, 2.05) is 66.7 Å². The maximum atomic E-state index is 13.4. The molecule has 0 saturated carbocycles. The predicted molar refractivity (Wildman–Crippen MR) is 114 cm³/mol. The van der Waals surface area contributed by atoms with E-state index in [1.54, 1.807) is 11.6 Å². The molecule has 30 heavy (non-hydrogen) atoms. The lowest BCUT2D eigenvalue weighted by Crippen LogP contribution is -2.39. The Labute approximate surface area is 172 Å². The van der Waals surface area contributed by atoms with Crippen molar-refractivity contribution in [2.75, 3.05) is 6.79 Å². The third-order valence-electron chi connectivity index (χ3n) is 5.48. The number of fused-ring (bicyclic) bond motifs is 2. The van der Waals surface area contributed by atoms with Gasteiger partial charge in [0.15, 0.2) is 11.5 Å². The van der Waals surface area contributed by atoms with E-state index in [2.05, 4.69) is 0 Å². The smallest absolute Gasteiger partial charge is 0.331 e. The van der Waals surface area contributed by atoms with Crippen LogP contribution in [0.15, 0.2) is 76.3 Å². The molecule has 0 amide bonds. The lowest BCUT2D eigenvalue weighted by atomic mass is 10.0. The van der Waals surface area contributed by atoms with E-state index in [9.17, 15) is 9.59 Å². The molecule has 0 bridgehead atoms. The molecule has 0 unspecified atom stereocenters. The molecule has 0 fully saturated rings. The van der Waals surface area contributed by atoms with Gasteiger partial charge in [-0.25, -0.2) is 4.79 Å². The van der Waals surface area contributed by atoms with E-state index >= 15 is 0 Å². The molecule has 2 heterocycles. The van der Waals surface area contributed by atoms with Crippen molar-refractivity contribution in [2.45, 2.75) is 13.0 Å². The highest BCUT2D eigenvalue weighted by atomic mass is 16.7. The topological polar surface area (TPSA) is 62.5 Å². The van der Waals surface area contributed by atoms with E-state index in [-0.39, 0.29) is 24.6 Å². The van der Waals surface area contributed by atoms with E-state index in [0.29, 0.717) is 23.1 Å². The van der Waals surface area contributed by atoms with E-state index in [4.69, 9.17) is 9.47 Å². The fourth-order valence-electron chi connectivity index (χ4n) is 3.94. The van der Waals surface area contributed by atoms with Crippen molar-refractivity contribution in [3.63, 3.8) is 0 Å². The molecule has 6 nitrogen and oxygen atoms in total. The van der Waals surface area contributed by atoms with Crippen LogP contribution in [0, 0.1) is 0 Å². The van der Waals surface area contributed by atoms with Gasteiger partial charge in [-0.1, -0.05) is 48.5 Å². The summed E-state index contributed by atoms with van der Waals surface area (Å²) in [5, 5.41) is 0.563. The second-order valence-corrected chi connectivity index (χ2v) is 7.39. The van der Waals surface area contributed by atoms with Gasteiger partial charge in [-0.3, -0.25) is 13.9 Å². The van der Waals surface area contributed by atoms with Crippen molar-refractivity contribution >= 4 is 10.9 Å². The number of ether oxygens (including phenoxy) is 2. The average molecular weight is 400 g/mol. The maximum Gasteiger partial charge on any atom is 0.331 e. The Kier molecular flexibility index (Phi) is 4.39. The summed E-state index contributed by atoms with van der Waals surface area (Å²) in [4.78, 5) is 26.3. The zero-order chi connectivity index (χ0) is 20.7. The molecule has 0 saturated heterocycles. The van der Waals surface area contributed by atoms with Crippen molar-refractivity contribution < 1.29 is 9.47 Å². The van der Waals surface area contributed by atoms with Gasteiger partial charge in [0.2, 0.25) is 6.79 Å². The lowest BCUT2D eigenvalue weighted by Gasteiger charge is -2.14. The fourth-order valence-corrected chi connectivity index (χ4v) is 3.94. The van der Waals surface area contributed by atoms with Crippen LogP contribution in [0.3, 0.4) is 0 Å². The van der Waals surface area contributed by atoms with Gasteiger partial charge in [0.05, 0.1) is 17.4 Å². The van der Waals surface area contributed by atoms with Crippen LogP contribution in [-0.4, -0.2) is 15.9 Å². The molecule has 5 rings (SSSR count). The quantitative estimate of drug-likeness (QED) is 0.528. The van der Waals surface area contributed by atoms with Crippen molar-refractivity contribution in [2.24, 2.45) is 7.05 Å². The minimum absolute atomic E-state index is 0.222. The molecule has 0 atom stereocenters. The summed E-state index contributed by atoms with van der Waals surface area (Å²) in [6.45, 7) is 0.458. The lowest BCUT2D eigenvalue weighted by molar-refractivity contribution is 0.174. The first-order valence-corrected chi connectivity index (χ1v) is 9.76. The summed E-state index contributed by atoms with van der Waals surface area (Å²) in [5.41, 5.74) is 2.82. The molecule has 3 aromatic carbocycles. The highest BCUT2D eigenvalue weighted by molar-refractivity contribution is 5.82. The summed E-state index contributed by atoms with van der Waals surface area (Å²) >= 11 is 0. The summed E-state index contributed by atoms with van der Waals surface area (Å²) in [5.74, 6) is 1.44. The molecule has 150 valence electrons. The Balaban J connectivity index is 1.64. The van der Waals surface area contributed by atoms with Crippen LogP contribution in [0.4, 0.5) is 0 Å².